The van der Waals surface area contributed by atoms with Crippen molar-refractivity contribution < 1.29 is 23.5 Å². The Kier molecular flexibility index (Phi) is 4.93. The molecule has 0 saturated carbocycles. The third-order valence-electron chi connectivity index (χ3n) is 3.19. The molecule has 1 aromatic carbocycles. The Hall–Kier alpha value is -2.63. The zero-order valence-electron chi connectivity index (χ0n) is 12.1. The fourth-order valence-corrected chi connectivity index (χ4v) is 2.02. The second-order valence-electron chi connectivity index (χ2n) is 4.87. The summed E-state index contributed by atoms with van der Waals surface area (Å²) in [5.41, 5.74) is 0.287. The van der Waals surface area contributed by atoms with Gasteiger partial charge in [-0.25, -0.2) is 4.39 Å². The van der Waals surface area contributed by atoms with Gasteiger partial charge in [0.2, 0.25) is 0 Å². The number of carbonyl (C=O) groups excluding carboxylic acids is 1. The van der Waals surface area contributed by atoms with Gasteiger partial charge in [0.1, 0.15) is 11.6 Å². The second kappa shape index (κ2) is 6.89. The lowest BCUT2D eigenvalue weighted by Gasteiger charge is -2.14. The van der Waals surface area contributed by atoms with E-state index < -0.39 is 11.8 Å². The highest BCUT2D eigenvalue weighted by atomic mass is 19.1. The first-order valence-electron chi connectivity index (χ1n) is 6.81. The normalized spacial score (nSPS) is 10.5. The van der Waals surface area contributed by atoms with Crippen LogP contribution in [-0.4, -0.2) is 35.5 Å². The minimum absolute atomic E-state index is 0.00372. The molecule has 0 unspecified atom stereocenters. The van der Waals surface area contributed by atoms with Gasteiger partial charge in [-0.3, -0.25) is 9.59 Å². The number of rotatable bonds is 6. The largest absolute Gasteiger partial charge is 0.481 e. The predicted octanol–water partition coefficient (Wildman–Crippen LogP) is 3.02. The van der Waals surface area contributed by atoms with Gasteiger partial charge in [0.15, 0.2) is 5.76 Å². The van der Waals surface area contributed by atoms with Gasteiger partial charge in [-0.05, 0) is 30.7 Å². The van der Waals surface area contributed by atoms with E-state index in [0.717, 1.165) is 0 Å². The molecule has 116 valence electrons. The van der Waals surface area contributed by atoms with Crippen LogP contribution in [0, 0.1) is 5.82 Å². The molecule has 1 heterocycles. The van der Waals surface area contributed by atoms with Gasteiger partial charge in [-0.1, -0.05) is 12.1 Å². The number of halogens is 1. The van der Waals surface area contributed by atoms with Crippen molar-refractivity contribution in [3.8, 4) is 11.3 Å². The summed E-state index contributed by atoms with van der Waals surface area (Å²) in [6.45, 7) is 0.306. The van der Waals surface area contributed by atoms with Crippen LogP contribution in [0.25, 0.3) is 11.3 Å². The van der Waals surface area contributed by atoms with Gasteiger partial charge in [-0.15, -0.1) is 0 Å². The van der Waals surface area contributed by atoms with Crippen LogP contribution < -0.4 is 0 Å². The molecular weight excluding hydrogens is 289 g/mol. The Morgan fingerprint density at radius 2 is 1.95 bits per heavy atom. The summed E-state index contributed by atoms with van der Waals surface area (Å²) in [6.07, 6.45) is 0.356. The summed E-state index contributed by atoms with van der Waals surface area (Å²) >= 11 is 0. The number of hydrogen-bond acceptors (Lipinski definition) is 3. The fraction of sp³-hybridized carbons (Fsp3) is 0.250. The number of aliphatic carboxylic acids is 1. The van der Waals surface area contributed by atoms with Gasteiger partial charge in [-0.2, -0.15) is 0 Å². The van der Waals surface area contributed by atoms with Crippen molar-refractivity contribution in [1.29, 1.82) is 0 Å². The first-order valence-corrected chi connectivity index (χ1v) is 6.81. The number of amides is 1. The Balaban J connectivity index is 2.06. The van der Waals surface area contributed by atoms with E-state index in [0.29, 0.717) is 13.0 Å². The zero-order chi connectivity index (χ0) is 16.1. The highest BCUT2D eigenvalue weighted by molar-refractivity contribution is 5.92. The standard InChI is InChI=1S/C16H16FNO4/c1-18(10-4-7-15(19)20)16(21)14-9-8-13(22-14)11-5-2-3-6-12(11)17/h2-3,5-6,8-9H,4,7,10H2,1H3,(H,19,20). The van der Waals surface area contributed by atoms with Crippen LogP contribution in [0.3, 0.4) is 0 Å². The maximum absolute atomic E-state index is 13.7. The van der Waals surface area contributed by atoms with Gasteiger partial charge in [0.25, 0.3) is 5.91 Å². The van der Waals surface area contributed by atoms with Crippen LogP contribution in [0.1, 0.15) is 23.4 Å². The van der Waals surface area contributed by atoms with E-state index >= 15 is 0 Å². The number of hydrogen-bond donors (Lipinski definition) is 1. The van der Waals surface area contributed by atoms with Crippen molar-refractivity contribution in [3.05, 3.63) is 48.0 Å². The SMILES string of the molecule is CN(CCCC(=O)O)C(=O)c1ccc(-c2ccccc2F)o1. The lowest BCUT2D eigenvalue weighted by molar-refractivity contribution is -0.137. The first kappa shape index (κ1) is 15.8. The summed E-state index contributed by atoms with van der Waals surface area (Å²) in [7, 11) is 1.56. The van der Waals surface area contributed by atoms with Gasteiger partial charge in [0, 0.05) is 20.0 Å². The molecule has 0 aliphatic carbocycles. The topological polar surface area (TPSA) is 70.8 Å². The van der Waals surface area contributed by atoms with E-state index in [9.17, 15) is 14.0 Å². The van der Waals surface area contributed by atoms with Crippen LogP contribution in [0.15, 0.2) is 40.8 Å². The summed E-state index contributed by atoms with van der Waals surface area (Å²) in [5.74, 6) is -1.32. The molecule has 6 heteroatoms. The molecule has 2 aromatic rings. The van der Waals surface area contributed by atoms with Gasteiger partial charge < -0.3 is 14.4 Å². The average molecular weight is 305 g/mol. The van der Waals surface area contributed by atoms with Crippen LogP contribution in [-0.2, 0) is 4.79 Å². The second-order valence-corrected chi connectivity index (χ2v) is 4.87. The third-order valence-corrected chi connectivity index (χ3v) is 3.19. The van der Waals surface area contributed by atoms with E-state index in [1.54, 1.807) is 25.2 Å². The smallest absolute Gasteiger partial charge is 0.303 e. The molecule has 0 atom stereocenters. The first-order chi connectivity index (χ1) is 10.5. The number of carboxylic acid groups (broad SMARTS) is 1. The van der Waals surface area contributed by atoms with E-state index in [1.165, 1.54) is 23.1 Å². The third kappa shape index (κ3) is 3.72. The molecule has 0 saturated heterocycles. The maximum atomic E-state index is 13.7. The molecule has 22 heavy (non-hydrogen) atoms. The minimum atomic E-state index is -0.902. The predicted molar refractivity (Wildman–Crippen MR) is 77.9 cm³/mol. The lowest BCUT2D eigenvalue weighted by Crippen LogP contribution is -2.27. The van der Waals surface area contributed by atoms with E-state index in [2.05, 4.69) is 0 Å². The number of nitrogens with zero attached hydrogens (tertiary/aromatic N) is 1. The van der Waals surface area contributed by atoms with Crippen molar-refractivity contribution in [2.24, 2.45) is 0 Å². The maximum Gasteiger partial charge on any atom is 0.303 e. The molecule has 0 aliphatic rings. The number of furan rings is 1. The molecule has 5 nitrogen and oxygen atoms in total. The highest BCUT2D eigenvalue weighted by Crippen LogP contribution is 2.25. The quantitative estimate of drug-likeness (QED) is 0.890. The van der Waals surface area contributed by atoms with Crippen LogP contribution in [0.5, 0.6) is 0 Å². The monoisotopic (exact) mass is 305 g/mol. The minimum Gasteiger partial charge on any atom is -0.481 e. The highest BCUT2D eigenvalue weighted by Gasteiger charge is 2.17. The number of carbonyl (C=O) groups is 2. The zero-order valence-corrected chi connectivity index (χ0v) is 12.1. The Morgan fingerprint density at radius 1 is 1.23 bits per heavy atom. The Morgan fingerprint density at radius 3 is 2.64 bits per heavy atom. The molecule has 0 bridgehead atoms. The van der Waals surface area contributed by atoms with Crippen LogP contribution in [0.4, 0.5) is 4.39 Å². The molecule has 1 amide bonds. The fourth-order valence-electron chi connectivity index (χ4n) is 2.02. The lowest BCUT2D eigenvalue weighted by atomic mass is 10.1. The molecule has 0 spiro atoms. The molecular formula is C16H16FNO4. The summed E-state index contributed by atoms with van der Waals surface area (Å²) in [4.78, 5) is 24.0. The van der Waals surface area contributed by atoms with Crippen molar-refractivity contribution in [2.45, 2.75) is 12.8 Å². The van der Waals surface area contributed by atoms with Crippen molar-refractivity contribution in [1.82, 2.24) is 4.90 Å². The number of benzene rings is 1. The van der Waals surface area contributed by atoms with Gasteiger partial charge in [0.05, 0.1) is 5.56 Å². The Labute approximate surface area is 127 Å². The van der Waals surface area contributed by atoms with Crippen molar-refractivity contribution in [3.63, 3.8) is 0 Å². The van der Waals surface area contributed by atoms with Gasteiger partial charge >= 0.3 is 5.97 Å². The molecule has 0 fully saturated rings. The van der Waals surface area contributed by atoms with E-state index in [4.69, 9.17) is 9.52 Å². The van der Waals surface area contributed by atoms with Crippen molar-refractivity contribution in [2.75, 3.05) is 13.6 Å². The van der Waals surface area contributed by atoms with E-state index in [1.807, 2.05) is 0 Å². The molecule has 1 N–H and O–H groups in total. The summed E-state index contributed by atoms with van der Waals surface area (Å²) in [6, 6.07) is 9.16. The van der Waals surface area contributed by atoms with Crippen LogP contribution in [0.2, 0.25) is 0 Å². The molecule has 1 aromatic heterocycles. The number of carboxylic acids is 1. The van der Waals surface area contributed by atoms with E-state index in [-0.39, 0.29) is 29.4 Å². The summed E-state index contributed by atoms with van der Waals surface area (Å²) < 4.78 is 19.1. The Bertz CT molecular complexity index is 680. The average Bonchev–Trinajstić information content (AvgIpc) is 2.96. The van der Waals surface area contributed by atoms with Crippen molar-refractivity contribution >= 4 is 11.9 Å². The molecule has 0 radical (unpaired) electrons. The summed E-state index contributed by atoms with van der Waals surface area (Å²) in [5, 5.41) is 8.58. The molecule has 0 aliphatic heterocycles. The molecule has 2 rings (SSSR count). The van der Waals surface area contributed by atoms with Crippen LogP contribution >= 0.6 is 0 Å².